The van der Waals surface area contributed by atoms with Crippen LogP contribution in [-0.2, 0) is 14.8 Å². The summed E-state index contributed by atoms with van der Waals surface area (Å²) in [5, 5.41) is 1.93. The first-order chi connectivity index (χ1) is 14.9. The Labute approximate surface area is 184 Å². The average Bonchev–Trinajstić information content (AvgIpc) is 2.80. The second kappa shape index (κ2) is 9.36. The van der Waals surface area contributed by atoms with E-state index in [4.69, 9.17) is 4.74 Å². The summed E-state index contributed by atoms with van der Waals surface area (Å²) in [5.74, 6) is 0. The molecule has 1 atom stereocenters. The summed E-state index contributed by atoms with van der Waals surface area (Å²) < 4.78 is 34.5. The van der Waals surface area contributed by atoms with Gasteiger partial charge in [-0.15, -0.1) is 0 Å². The van der Waals surface area contributed by atoms with E-state index in [1.165, 1.54) is 0 Å². The van der Waals surface area contributed by atoms with Crippen LogP contribution in [0, 0.1) is 0 Å². The van der Waals surface area contributed by atoms with Crippen LogP contribution in [0.2, 0.25) is 0 Å². The molecule has 31 heavy (non-hydrogen) atoms. The maximum Gasteiger partial charge on any atom is 0.240 e. The molecule has 0 aromatic heterocycles. The third-order valence-corrected chi connectivity index (χ3v) is 7.20. The normalized spacial score (nSPS) is 16.3. The Bertz CT molecular complexity index is 1120. The lowest BCUT2D eigenvalue weighted by molar-refractivity contribution is 0.0172. The van der Waals surface area contributed by atoms with Gasteiger partial charge < -0.3 is 9.64 Å². The molecule has 0 aliphatic carbocycles. The van der Waals surface area contributed by atoms with Gasteiger partial charge in [-0.2, -0.15) is 0 Å². The van der Waals surface area contributed by atoms with E-state index in [0.717, 1.165) is 35.1 Å². The van der Waals surface area contributed by atoms with Crippen molar-refractivity contribution in [2.24, 2.45) is 0 Å². The average molecular weight is 440 g/mol. The highest BCUT2D eigenvalue weighted by Gasteiger charge is 2.25. The summed E-state index contributed by atoms with van der Waals surface area (Å²) in [7, 11) is 0.381. The molecule has 164 valence electrons. The van der Waals surface area contributed by atoms with Crippen molar-refractivity contribution in [3.8, 4) is 0 Å². The molecule has 0 radical (unpaired) electrons. The van der Waals surface area contributed by atoms with Crippen molar-refractivity contribution >= 4 is 26.5 Å². The van der Waals surface area contributed by atoms with E-state index in [2.05, 4.69) is 38.8 Å². The molecule has 6 nitrogen and oxygen atoms in total. The minimum Gasteiger partial charge on any atom is -0.379 e. The third-order valence-electron chi connectivity index (χ3n) is 5.78. The highest BCUT2D eigenvalue weighted by atomic mass is 32.2. The number of hydrogen-bond acceptors (Lipinski definition) is 5. The zero-order valence-electron chi connectivity index (χ0n) is 18.0. The lowest BCUT2D eigenvalue weighted by atomic mass is 10.0. The maximum absolute atomic E-state index is 13.1. The van der Waals surface area contributed by atoms with Crippen LogP contribution in [0.4, 0.5) is 5.69 Å². The first-order valence-electron chi connectivity index (χ1n) is 10.5. The number of fused-ring (bicyclic) bond motifs is 1. The van der Waals surface area contributed by atoms with Gasteiger partial charge in [0.15, 0.2) is 0 Å². The largest absolute Gasteiger partial charge is 0.379 e. The molecule has 0 bridgehead atoms. The fourth-order valence-electron chi connectivity index (χ4n) is 3.95. The van der Waals surface area contributed by atoms with Crippen molar-refractivity contribution in [3.63, 3.8) is 0 Å². The second-order valence-corrected chi connectivity index (χ2v) is 9.78. The van der Waals surface area contributed by atoms with E-state index in [-0.39, 0.29) is 10.9 Å². The molecule has 1 N–H and O–H groups in total. The zero-order valence-corrected chi connectivity index (χ0v) is 18.8. The summed E-state index contributed by atoms with van der Waals surface area (Å²) in [6.07, 6.45) is 0. The van der Waals surface area contributed by atoms with Crippen molar-refractivity contribution < 1.29 is 13.2 Å². The van der Waals surface area contributed by atoms with Gasteiger partial charge >= 0.3 is 0 Å². The summed E-state index contributed by atoms with van der Waals surface area (Å²) in [6.45, 7) is 3.17. The summed E-state index contributed by atoms with van der Waals surface area (Å²) >= 11 is 0. The Morgan fingerprint density at radius 2 is 1.65 bits per heavy atom. The third kappa shape index (κ3) is 5.07. The first-order valence-corrected chi connectivity index (χ1v) is 12.0. The van der Waals surface area contributed by atoms with Crippen molar-refractivity contribution in [2.45, 2.75) is 10.9 Å². The molecular weight excluding hydrogens is 410 g/mol. The number of nitrogens with one attached hydrogen (secondary N) is 1. The van der Waals surface area contributed by atoms with Crippen molar-refractivity contribution in [2.75, 3.05) is 51.8 Å². The Morgan fingerprint density at radius 1 is 0.968 bits per heavy atom. The number of anilines is 1. The van der Waals surface area contributed by atoms with Crippen molar-refractivity contribution in [3.05, 3.63) is 72.3 Å². The quantitative estimate of drug-likeness (QED) is 0.612. The molecule has 0 spiro atoms. The first kappa shape index (κ1) is 21.8. The van der Waals surface area contributed by atoms with Crippen LogP contribution in [-0.4, -0.2) is 60.3 Å². The van der Waals surface area contributed by atoms with Gasteiger partial charge in [0.25, 0.3) is 0 Å². The van der Waals surface area contributed by atoms with Crippen LogP contribution in [0.5, 0.6) is 0 Å². The Hall–Kier alpha value is -2.45. The van der Waals surface area contributed by atoms with Crippen LogP contribution in [0.3, 0.4) is 0 Å². The molecule has 7 heteroatoms. The fraction of sp³-hybridized carbons (Fsp3) is 0.333. The van der Waals surface area contributed by atoms with Gasteiger partial charge in [-0.3, -0.25) is 4.90 Å². The zero-order chi connectivity index (χ0) is 21.8. The Kier molecular flexibility index (Phi) is 6.57. The van der Waals surface area contributed by atoms with Gasteiger partial charge in [0.1, 0.15) is 0 Å². The van der Waals surface area contributed by atoms with E-state index in [1.807, 2.05) is 44.4 Å². The number of sulfonamides is 1. The van der Waals surface area contributed by atoms with Gasteiger partial charge in [-0.05, 0) is 40.6 Å². The molecule has 0 amide bonds. The fourth-order valence-corrected chi connectivity index (χ4v) is 5.02. The predicted octanol–water partition coefficient (Wildman–Crippen LogP) is 3.26. The van der Waals surface area contributed by atoms with Gasteiger partial charge in [0, 0.05) is 45.5 Å². The minimum atomic E-state index is -3.63. The summed E-state index contributed by atoms with van der Waals surface area (Å²) in [5.41, 5.74) is 2.20. The number of nitrogens with zero attached hydrogens (tertiary/aromatic N) is 2. The number of benzene rings is 3. The molecule has 4 rings (SSSR count). The Morgan fingerprint density at radius 3 is 2.32 bits per heavy atom. The minimum absolute atomic E-state index is 0.0599. The van der Waals surface area contributed by atoms with E-state index in [0.29, 0.717) is 19.8 Å². The predicted molar refractivity (Wildman–Crippen MR) is 125 cm³/mol. The van der Waals surface area contributed by atoms with Crippen LogP contribution in [0.25, 0.3) is 10.8 Å². The molecule has 1 heterocycles. The van der Waals surface area contributed by atoms with Gasteiger partial charge in [-0.1, -0.05) is 42.5 Å². The Balaban J connectivity index is 1.56. The van der Waals surface area contributed by atoms with Gasteiger partial charge in [0.05, 0.1) is 18.1 Å². The molecule has 1 fully saturated rings. The molecular formula is C24H29N3O3S. The van der Waals surface area contributed by atoms with Gasteiger partial charge in [0.2, 0.25) is 10.0 Å². The van der Waals surface area contributed by atoms with Gasteiger partial charge in [-0.25, -0.2) is 13.1 Å². The summed E-state index contributed by atoms with van der Waals surface area (Å²) in [4.78, 5) is 4.63. The van der Waals surface area contributed by atoms with Crippen LogP contribution in [0.15, 0.2) is 71.6 Å². The molecule has 1 aliphatic heterocycles. The second-order valence-electron chi connectivity index (χ2n) is 8.01. The van der Waals surface area contributed by atoms with Crippen LogP contribution in [0.1, 0.15) is 11.6 Å². The van der Waals surface area contributed by atoms with E-state index in [9.17, 15) is 8.42 Å². The van der Waals surface area contributed by atoms with Crippen molar-refractivity contribution in [1.82, 2.24) is 9.62 Å². The van der Waals surface area contributed by atoms with E-state index in [1.54, 1.807) is 12.1 Å². The van der Waals surface area contributed by atoms with Crippen LogP contribution < -0.4 is 9.62 Å². The summed E-state index contributed by atoms with van der Waals surface area (Å²) in [6, 6.07) is 21.3. The highest BCUT2D eigenvalue weighted by molar-refractivity contribution is 7.89. The molecule has 1 saturated heterocycles. The van der Waals surface area contributed by atoms with Crippen LogP contribution >= 0.6 is 0 Å². The van der Waals surface area contributed by atoms with E-state index >= 15 is 0 Å². The molecule has 1 aliphatic rings. The highest BCUT2D eigenvalue weighted by Crippen LogP contribution is 2.25. The molecule has 3 aromatic rings. The molecule has 3 aromatic carbocycles. The SMILES string of the molecule is CN(C)c1ccc([C@@H](CNS(=O)(=O)c2ccc3ccccc3c2)N2CCOCC2)cc1. The van der Waals surface area contributed by atoms with E-state index < -0.39 is 10.0 Å². The standard InChI is InChI=1S/C24H29N3O3S/c1-26(2)22-10-7-20(8-11-22)24(27-13-15-30-16-14-27)18-25-31(28,29)23-12-9-19-5-3-4-6-21(19)17-23/h3-12,17,24-25H,13-16,18H2,1-2H3/t24-/m1/s1. The molecule has 0 saturated carbocycles. The topological polar surface area (TPSA) is 61.9 Å². The number of morpholine rings is 1. The number of ether oxygens (including phenoxy) is 1. The smallest absolute Gasteiger partial charge is 0.240 e. The molecule has 0 unspecified atom stereocenters. The number of rotatable bonds is 7. The van der Waals surface area contributed by atoms with Crippen molar-refractivity contribution in [1.29, 1.82) is 0 Å². The number of hydrogen-bond donors (Lipinski definition) is 1. The maximum atomic E-state index is 13.1. The lowest BCUT2D eigenvalue weighted by Gasteiger charge is -2.35. The monoisotopic (exact) mass is 439 g/mol. The lowest BCUT2D eigenvalue weighted by Crippen LogP contribution is -2.43.